The predicted molar refractivity (Wildman–Crippen MR) is 113 cm³/mol. The quantitative estimate of drug-likeness (QED) is 0.404. The minimum atomic E-state index is -0.447. The van der Waals surface area contributed by atoms with Gasteiger partial charge in [-0.25, -0.2) is 14.4 Å². The summed E-state index contributed by atoms with van der Waals surface area (Å²) in [5.41, 5.74) is 5.41. The maximum absolute atomic E-state index is 13.7. The summed E-state index contributed by atoms with van der Waals surface area (Å²) in [7, 11) is 0. The lowest BCUT2D eigenvalue weighted by Gasteiger charge is -2.12. The second kappa shape index (κ2) is 7.18. The van der Waals surface area contributed by atoms with Crippen molar-refractivity contribution < 1.29 is 4.39 Å². The highest BCUT2D eigenvalue weighted by Crippen LogP contribution is 2.36. The van der Waals surface area contributed by atoms with Crippen molar-refractivity contribution in [2.24, 2.45) is 0 Å². The smallest absolute Gasteiger partial charge is 0.141 e. The topological polar surface area (TPSA) is 46.5 Å². The summed E-state index contributed by atoms with van der Waals surface area (Å²) in [6, 6.07) is 18.9. The van der Waals surface area contributed by atoms with Crippen LogP contribution in [0.3, 0.4) is 0 Å². The first-order valence-corrected chi connectivity index (χ1v) is 9.55. The second-order valence-electron chi connectivity index (χ2n) is 6.78. The number of aromatic amines is 1. The number of halogens is 2. The van der Waals surface area contributed by atoms with Gasteiger partial charge in [0.15, 0.2) is 0 Å². The average Bonchev–Trinajstić information content (AvgIpc) is 3.38. The van der Waals surface area contributed by atoms with Crippen LogP contribution in [0, 0.1) is 5.82 Å². The third-order valence-electron chi connectivity index (χ3n) is 4.94. The molecule has 1 N–H and O–H groups in total. The van der Waals surface area contributed by atoms with Gasteiger partial charge in [0.25, 0.3) is 0 Å². The maximum Gasteiger partial charge on any atom is 0.141 e. The van der Waals surface area contributed by atoms with E-state index < -0.39 is 5.82 Å². The van der Waals surface area contributed by atoms with Gasteiger partial charge < -0.3 is 9.55 Å². The largest absolute Gasteiger partial charge is 0.346 e. The van der Waals surface area contributed by atoms with E-state index in [1.807, 2.05) is 42.9 Å². The molecule has 5 aromatic rings. The molecule has 5 rings (SSSR count). The molecule has 3 aromatic heterocycles. The molecule has 6 heteroatoms. The third kappa shape index (κ3) is 3.19. The molecule has 0 fully saturated rings. The van der Waals surface area contributed by atoms with Gasteiger partial charge in [0, 0.05) is 35.5 Å². The Kier molecular flexibility index (Phi) is 4.37. The highest BCUT2D eigenvalue weighted by molar-refractivity contribution is 6.31. The van der Waals surface area contributed by atoms with E-state index in [9.17, 15) is 4.39 Å². The predicted octanol–water partition coefficient (Wildman–Crippen LogP) is 5.93. The monoisotopic (exact) mass is 402 g/mol. The fourth-order valence-electron chi connectivity index (χ4n) is 3.59. The van der Waals surface area contributed by atoms with Crippen LogP contribution in [0.5, 0.6) is 0 Å². The van der Waals surface area contributed by atoms with Crippen molar-refractivity contribution in [3.8, 4) is 22.5 Å². The first-order valence-electron chi connectivity index (χ1n) is 9.17. The number of nitrogens with one attached hydrogen (secondary N) is 1. The van der Waals surface area contributed by atoms with Crippen molar-refractivity contribution >= 4 is 22.6 Å². The van der Waals surface area contributed by atoms with Crippen molar-refractivity contribution in [3.05, 3.63) is 95.8 Å². The molecule has 0 aliphatic heterocycles. The molecule has 142 valence electrons. The van der Waals surface area contributed by atoms with E-state index >= 15 is 0 Å². The Labute approximate surface area is 171 Å². The van der Waals surface area contributed by atoms with E-state index in [2.05, 4.69) is 31.7 Å². The molecule has 0 saturated carbocycles. The Balaban J connectivity index is 1.74. The molecular formula is C23H16ClFN4. The van der Waals surface area contributed by atoms with Crippen LogP contribution < -0.4 is 0 Å². The second-order valence-corrected chi connectivity index (χ2v) is 7.19. The standard InChI is InChI=1S/C23H16ClFN4/c24-19-12-16(6-7-20(19)25)21-22(17-8-10-26-23-18(17)9-11-27-23)29(14-28-21)13-15-4-2-1-3-5-15/h1-12,14H,13H2,(H,26,27). The van der Waals surface area contributed by atoms with Gasteiger partial charge in [-0.15, -0.1) is 0 Å². The molecule has 0 spiro atoms. The minimum absolute atomic E-state index is 0.0765. The summed E-state index contributed by atoms with van der Waals surface area (Å²) in [6.07, 6.45) is 5.46. The van der Waals surface area contributed by atoms with Crippen LogP contribution in [0.25, 0.3) is 33.5 Å². The van der Waals surface area contributed by atoms with E-state index in [0.717, 1.165) is 39.1 Å². The lowest BCUT2D eigenvalue weighted by atomic mass is 10.0. The van der Waals surface area contributed by atoms with Crippen LogP contribution in [0.2, 0.25) is 5.02 Å². The molecular weight excluding hydrogens is 387 g/mol. The van der Waals surface area contributed by atoms with E-state index in [4.69, 9.17) is 11.6 Å². The molecule has 0 aliphatic rings. The van der Waals surface area contributed by atoms with Crippen LogP contribution >= 0.6 is 11.6 Å². The zero-order valence-electron chi connectivity index (χ0n) is 15.3. The number of aromatic nitrogens is 4. The summed E-state index contributed by atoms with van der Waals surface area (Å²) >= 11 is 6.05. The maximum atomic E-state index is 13.7. The lowest BCUT2D eigenvalue weighted by Crippen LogP contribution is -2.01. The van der Waals surface area contributed by atoms with Crippen molar-refractivity contribution in [1.82, 2.24) is 19.5 Å². The molecule has 3 heterocycles. The van der Waals surface area contributed by atoms with Gasteiger partial charge in [-0.3, -0.25) is 0 Å². The van der Waals surface area contributed by atoms with E-state index in [0.29, 0.717) is 6.54 Å². The number of nitrogens with zero attached hydrogens (tertiary/aromatic N) is 3. The molecule has 0 unspecified atom stereocenters. The molecule has 2 aromatic carbocycles. The van der Waals surface area contributed by atoms with Gasteiger partial charge in [0.05, 0.1) is 22.7 Å². The Hall–Kier alpha value is -3.44. The van der Waals surface area contributed by atoms with Gasteiger partial charge in [-0.1, -0.05) is 41.9 Å². The molecule has 0 amide bonds. The van der Waals surface area contributed by atoms with Crippen molar-refractivity contribution in [1.29, 1.82) is 0 Å². The Morgan fingerprint density at radius 3 is 2.69 bits per heavy atom. The number of fused-ring (bicyclic) bond motifs is 1. The Morgan fingerprint density at radius 2 is 1.86 bits per heavy atom. The summed E-state index contributed by atoms with van der Waals surface area (Å²) in [5, 5.41) is 1.07. The van der Waals surface area contributed by atoms with Gasteiger partial charge in [-0.05, 0) is 35.9 Å². The molecule has 0 aliphatic carbocycles. The van der Waals surface area contributed by atoms with E-state index in [1.165, 1.54) is 6.07 Å². The first-order chi connectivity index (χ1) is 14.2. The van der Waals surface area contributed by atoms with Crippen molar-refractivity contribution in [3.63, 3.8) is 0 Å². The lowest BCUT2D eigenvalue weighted by molar-refractivity contribution is 0.628. The molecule has 0 radical (unpaired) electrons. The van der Waals surface area contributed by atoms with Gasteiger partial charge in [-0.2, -0.15) is 0 Å². The van der Waals surface area contributed by atoms with Crippen LogP contribution in [-0.2, 0) is 6.54 Å². The number of rotatable bonds is 4. The zero-order valence-corrected chi connectivity index (χ0v) is 16.1. The fraction of sp³-hybridized carbons (Fsp3) is 0.0435. The summed E-state index contributed by atoms with van der Waals surface area (Å²) in [4.78, 5) is 12.2. The first kappa shape index (κ1) is 17.6. The highest BCUT2D eigenvalue weighted by atomic mass is 35.5. The van der Waals surface area contributed by atoms with Gasteiger partial charge >= 0.3 is 0 Å². The minimum Gasteiger partial charge on any atom is -0.346 e. The fourth-order valence-corrected chi connectivity index (χ4v) is 3.77. The zero-order chi connectivity index (χ0) is 19.8. The summed E-state index contributed by atoms with van der Waals surface area (Å²) < 4.78 is 15.8. The van der Waals surface area contributed by atoms with E-state index in [1.54, 1.807) is 18.3 Å². The van der Waals surface area contributed by atoms with Gasteiger partial charge in [0.2, 0.25) is 0 Å². The SMILES string of the molecule is Fc1ccc(-c2ncn(Cc3ccccc3)c2-c2ccnc3[nH]ccc23)cc1Cl. The summed E-state index contributed by atoms with van der Waals surface area (Å²) in [5.74, 6) is -0.447. The number of hydrogen-bond acceptors (Lipinski definition) is 2. The number of benzene rings is 2. The molecule has 0 bridgehead atoms. The number of hydrogen-bond donors (Lipinski definition) is 1. The Morgan fingerprint density at radius 1 is 1.00 bits per heavy atom. The average molecular weight is 403 g/mol. The van der Waals surface area contributed by atoms with Crippen LogP contribution in [0.15, 0.2) is 79.4 Å². The van der Waals surface area contributed by atoms with Crippen LogP contribution in [0.1, 0.15) is 5.56 Å². The summed E-state index contributed by atoms with van der Waals surface area (Å²) in [6.45, 7) is 0.659. The van der Waals surface area contributed by atoms with Crippen molar-refractivity contribution in [2.45, 2.75) is 6.54 Å². The number of pyridine rings is 1. The third-order valence-corrected chi connectivity index (χ3v) is 5.23. The van der Waals surface area contributed by atoms with Crippen LogP contribution in [-0.4, -0.2) is 19.5 Å². The normalized spacial score (nSPS) is 11.2. The molecule has 0 saturated heterocycles. The molecule has 29 heavy (non-hydrogen) atoms. The molecule has 0 atom stereocenters. The van der Waals surface area contributed by atoms with E-state index in [-0.39, 0.29) is 5.02 Å². The van der Waals surface area contributed by atoms with Gasteiger partial charge in [0.1, 0.15) is 11.5 Å². The number of imidazole rings is 1. The Bertz CT molecular complexity index is 1310. The highest BCUT2D eigenvalue weighted by Gasteiger charge is 2.19. The molecule has 4 nitrogen and oxygen atoms in total. The van der Waals surface area contributed by atoms with Crippen LogP contribution in [0.4, 0.5) is 4.39 Å². The van der Waals surface area contributed by atoms with Crippen molar-refractivity contribution in [2.75, 3.05) is 0 Å². The number of H-pyrrole nitrogens is 1.